The summed E-state index contributed by atoms with van der Waals surface area (Å²) in [5.74, 6) is 1.45. The molecule has 2 rings (SSSR count). The molecule has 1 aliphatic carbocycles. The minimum absolute atomic E-state index is 0.239. The van der Waals surface area contributed by atoms with Gasteiger partial charge in [0, 0.05) is 13.1 Å². The Morgan fingerprint density at radius 1 is 1.05 bits per heavy atom. The zero-order valence-electron chi connectivity index (χ0n) is 12.3. The Bertz CT molecular complexity index is 369. The van der Waals surface area contributed by atoms with Crippen molar-refractivity contribution >= 4 is 10.0 Å². The normalized spacial score (nSPS) is 30.7. The monoisotopic (exact) mass is 288 g/mol. The number of nitrogens with one attached hydrogen (secondary N) is 1. The maximum Gasteiger partial charge on any atom is 0.214 e. The molecule has 1 saturated heterocycles. The third-order valence-corrected chi connectivity index (χ3v) is 6.91. The molecule has 0 atom stereocenters. The molecule has 1 N–H and O–H groups in total. The van der Waals surface area contributed by atoms with E-state index in [9.17, 15) is 8.42 Å². The highest BCUT2D eigenvalue weighted by Gasteiger charge is 2.31. The van der Waals surface area contributed by atoms with Crippen LogP contribution in [-0.4, -0.2) is 44.7 Å². The first-order chi connectivity index (χ1) is 8.99. The number of hydrogen-bond acceptors (Lipinski definition) is 3. The van der Waals surface area contributed by atoms with Crippen LogP contribution in [0.3, 0.4) is 0 Å². The first-order valence-corrected chi connectivity index (χ1v) is 9.26. The lowest BCUT2D eigenvalue weighted by Crippen LogP contribution is -2.42. The third-order valence-electron chi connectivity index (χ3n) is 4.84. The number of nitrogens with zero attached hydrogens (tertiary/aromatic N) is 1. The van der Waals surface area contributed by atoms with Gasteiger partial charge in [-0.15, -0.1) is 0 Å². The van der Waals surface area contributed by atoms with Crippen LogP contribution in [0.4, 0.5) is 0 Å². The fraction of sp³-hybridized carbons (Fsp3) is 1.00. The van der Waals surface area contributed by atoms with Crippen LogP contribution >= 0.6 is 0 Å². The number of sulfonamides is 1. The van der Waals surface area contributed by atoms with Gasteiger partial charge in [0.15, 0.2) is 0 Å². The minimum Gasteiger partial charge on any atom is -0.317 e. The van der Waals surface area contributed by atoms with Crippen molar-refractivity contribution in [2.45, 2.75) is 51.5 Å². The topological polar surface area (TPSA) is 49.4 Å². The maximum atomic E-state index is 12.5. The second-order valence-corrected chi connectivity index (χ2v) is 8.47. The van der Waals surface area contributed by atoms with Gasteiger partial charge < -0.3 is 5.32 Å². The molecule has 112 valence electrons. The van der Waals surface area contributed by atoms with Crippen LogP contribution < -0.4 is 5.32 Å². The van der Waals surface area contributed by atoms with E-state index in [1.54, 1.807) is 11.4 Å². The summed E-state index contributed by atoms with van der Waals surface area (Å²) in [6, 6.07) is 0.239. The molecule has 0 aromatic carbocycles. The summed E-state index contributed by atoms with van der Waals surface area (Å²) in [6.45, 7) is 4.19. The van der Waals surface area contributed by atoms with Crippen molar-refractivity contribution in [2.24, 2.45) is 11.8 Å². The van der Waals surface area contributed by atoms with E-state index in [2.05, 4.69) is 12.2 Å². The molecule has 1 heterocycles. The SMILES string of the molecule is CC1CCC(N(C)S(=O)(=O)CC2CCNCC2)CC1. The minimum atomic E-state index is -3.07. The average molecular weight is 288 g/mol. The number of hydrogen-bond donors (Lipinski definition) is 1. The molecule has 0 radical (unpaired) electrons. The molecular formula is C14H28N2O2S. The van der Waals surface area contributed by atoms with Gasteiger partial charge in [0.05, 0.1) is 5.75 Å². The van der Waals surface area contributed by atoms with Gasteiger partial charge in [-0.25, -0.2) is 12.7 Å². The van der Waals surface area contributed by atoms with E-state index in [4.69, 9.17) is 0 Å². The van der Waals surface area contributed by atoms with E-state index in [1.807, 2.05) is 0 Å². The molecule has 0 aromatic rings. The molecule has 2 fully saturated rings. The van der Waals surface area contributed by atoms with Crippen LogP contribution in [0.1, 0.15) is 45.4 Å². The van der Waals surface area contributed by atoms with Gasteiger partial charge in [0.25, 0.3) is 0 Å². The van der Waals surface area contributed by atoms with Crippen molar-refractivity contribution in [3.05, 3.63) is 0 Å². The zero-order valence-corrected chi connectivity index (χ0v) is 13.1. The van der Waals surface area contributed by atoms with Crippen LogP contribution in [0, 0.1) is 11.8 Å². The van der Waals surface area contributed by atoms with E-state index in [-0.39, 0.29) is 6.04 Å². The van der Waals surface area contributed by atoms with Crippen LogP contribution in [0.25, 0.3) is 0 Å². The standard InChI is InChI=1S/C14H28N2O2S/c1-12-3-5-14(6-4-12)16(2)19(17,18)11-13-7-9-15-10-8-13/h12-15H,3-11H2,1-2H3. The largest absolute Gasteiger partial charge is 0.317 e. The summed E-state index contributed by atoms with van der Waals surface area (Å²) in [5.41, 5.74) is 0. The first kappa shape index (κ1) is 15.3. The van der Waals surface area contributed by atoms with Gasteiger partial charge in [-0.3, -0.25) is 0 Å². The quantitative estimate of drug-likeness (QED) is 0.858. The lowest BCUT2D eigenvalue weighted by molar-refractivity contribution is 0.244. The molecule has 2 aliphatic rings. The summed E-state index contributed by atoms with van der Waals surface area (Å²) >= 11 is 0. The van der Waals surface area contributed by atoms with Gasteiger partial charge in [0.1, 0.15) is 0 Å². The summed E-state index contributed by atoms with van der Waals surface area (Å²) in [6.07, 6.45) is 6.38. The second-order valence-electron chi connectivity index (χ2n) is 6.40. The Morgan fingerprint density at radius 3 is 2.21 bits per heavy atom. The van der Waals surface area contributed by atoms with Crippen molar-refractivity contribution in [3.8, 4) is 0 Å². The lowest BCUT2D eigenvalue weighted by Gasteiger charge is -2.34. The van der Waals surface area contributed by atoms with Crippen LogP contribution in [0.2, 0.25) is 0 Å². The first-order valence-electron chi connectivity index (χ1n) is 7.65. The highest BCUT2D eigenvalue weighted by Crippen LogP contribution is 2.28. The zero-order chi connectivity index (χ0) is 13.9. The fourth-order valence-corrected chi connectivity index (χ4v) is 5.13. The Balaban J connectivity index is 1.90. The Kier molecular flexibility index (Phi) is 5.26. The van der Waals surface area contributed by atoms with Gasteiger partial charge in [-0.2, -0.15) is 0 Å². The number of rotatable bonds is 4. The van der Waals surface area contributed by atoms with E-state index < -0.39 is 10.0 Å². The summed E-state index contributed by atoms with van der Waals surface area (Å²) < 4.78 is 26.7. The molecule has 0 bridgehead atoms. The number of piperidine rings is 1. The molecular weight excluding hydrogens is 260 g/mol. The van der Waals surface area contributed by atoms with E-state index >= 15 is 0 Å². The molecule has 1 aliphatic heterocycles. The smallest absolute Gasteiger partial charge is 0.214 e. The average Bonchev–Trinajstić information content (AvgIpc) is 2.39. The van der Waals surface area contributed by atoms with Gasteiger partial charge in [0.2, 0.25) is 10.0 Å². The fourth-order valence-electron chi connectivity index (χ4n) is 3.30. The molecule has 4 nitrogen and oxygen atoms in total. The van der Waals surface area contributed by atoms with Gasteiger partial charge in [-0.1, -0.05) is 6.92 Å². The molecule has 19 heavy (non-hydrogen) atoms. The van der Waals surface area contributed by atoms with E-state index in [0.717, 1.165) is 57.5 Å². The van der Waals surface area contributed by atoms with Crippen LogP contribution in [0.15, 0.2) is 0 Å². The van der Waals surface area contributed by atoms with E-state index in [1.165, 1.54) is 0 Å². The van der Waals surface area contributed by atoms with Crippen molar-refractivity contribution in [1.82, 2.24) is 9.62 Å². The van der Waals surface area contributed by atoms with Crippen molar-refractivity contribution in [2.75, 3.05) is 25.9 Å². The highest BCUT2D eigenvalue weighted by molar-refractivity contribution is 7.89. The van der Waals surface area contributed by atoms with Crippen molar-refractivity contribution in [1.29, 1.82) is 0 Å². The highest BCUT2D eigenvalue weighted by atomic mass is 32.2. The molecule has 0 unspecified atom stereocenters. The molecule has 0 amide bonds. The van der Waals surface area contributed by atoms with Crippen molar-refractivity contribution < 1.29 is 8.42 Å². The Morgan fingerprint density at radius 2 is 1.63 bits per heavy atom. The lowest BCUT2D eigenvalue weighted by atomic mass is 9.87. The Hall–Kier alpha value is -0.130. The summed E-state index contributed by atoms with van der Waals surface area (Å²) in [4.78, 5) is 0. The molecule has 5 heteroatoms. The second kappa shape index (κ2) is 6.55. The third kappa shape index (κ3) is 4.17. The van der Waals surface area contributed by atoms with E-state index in [0.29, 0.717) is 11.7 Å². The molecule has 0 aromatic heterocycles. The predicted octanol–water partition coefficient (Wildman–Crippen LogP) is 1.83. The van der Waals surface area contributed by atoms with Crippen molar-refractivity contribution in [3.63, 3.8) is 0 Å². The molecule has 1 saturated carbocycles. The summed E-state index contributed by atoms with van der Waals surface area (Å²) in [5, 5.41) is 3.29. The Labute approximate surface area is 118 Å². The van der Waals surface area contributed by atoms with Crippen LogP contribution in [-0.2, 0) is 10.0 Å². The van der Waals surface area contributed by atoms with Crippen LogP contribution in [0.5, 0.6) is 0 Å². The summed E-state index contributed by atoms with van der Waals surface area (Å²) in [7, 11) is -1.28. The molecule has 0 spiro atoms. The predicted molar refractivity (Wildman–Crippen MR) is 78.6 cm³/mol. The van der Waals surface area contributed by atoms with Gasteiger partial charge in [-0.05, 0) is 63.5 Å². The van der Waals surface area contributed by atoms with Gasteiger partial charge >= 0.3 is 0 Å². The maximum absolute atomic E-state index is 12.5.